The first-order valence-electron chi connectivity index (χ1n) is 5.68. The lowest BCUT2D eigenvalue weighted by atomic mass is 10.1. The van der Waals surface area contributed by atoms with E-state index in [9.17, 15) is 4.39 Å². The summed E-state index contributed by atoms with van der Waals surface area (Å²) in [5, 5.41) is 3.93. The van der Waals surface area contributed by atoms with Crippen molar-refractivity contribution in [1.29, 1.82) is 0 Å². The highest BCUT2D eigenvalue weighted by Gasteiger charge is 2.06. The van der Waals surface area contributed by atoms with Crippen LogP contribution in [0.3, 0.4) is 0 Å². The third kappa shape index (κ3) is 4.11. The lowest BCUT2D eigenvalue weighted by molar-refractivity contribution is 0.430. The van der Waals surface area contributed by atoms with Gasteiger partial charge in [-0.15, -0.1) is 0 Å². The highest BCUT2D eigenvalue weighted by molar-refractivity contribution is 6.31. The smallest absolute Gasteiger partial charge is 0.124 e. The van der Waals surface area contributed by atoms with Crippen molar-refractivity contribution in [2.45, 2.75) is 33.2 Å². The van der Waals surface area contributed by atoms with Crippen LogP contribution in [0.25, 0.3) is 0 Å². The summed E-state index contributed by atoms with van der Waals surface area (Å²) in [5.41, 5.74) is 0.992. The van der Waals surface area contributed by atoms with Gasteiger partial charge in [-0.1, -0.05) is 31.5 Å². The zero-order chi connectivity index (χ0) is 12.1. The van der Waals surface area contributed by atoms with Gasteiger partial charge in [0.2, 0.25) is 0 Å². The van der Waals surface area contributed by atoms with Gasteiger partial charge in [-0.2, -0.15) is 0 Å². The molecular formula is C13H19ClFN. The van der Waals surface area contributed by atoms with Crippen molar-refractivity contribution in [3.05, 3.63) is 34.6 Å². The van der Waals surface area contributed by atoms with Crippen LogP contribution in [0.1, 0.15) is 26.3 Å². The predicted molar refractivity (Wildman–Crippen MR) is 67.4 cm³/mol. The van der Waals surface area contributed by atoms with Crippen LogP contribution in [-0.2, 0) is 6.42 Å². The topological polar surface area (TPSA) is 12.0 Å². The Morgan fingerprint density at radius 1 is 1.31 bits per heavy atom. The molecule has 0 spiro atoms. The number of nitrogens with one attached hydrogen (secondary N) is 1. The third-order valence-corrected chi connectivity index (χ3v) is 3.23. The van der Waals surface area contributed by atoms with Crippen LogP contribution in [0.2, 0.25) is 5.02 Å². The van der Waals surface area contributed by atoms with E-state index in [0.29, 0.717) is 17.0 Å². The van der Waals surface area contributed by atoms with Crippen molar-refractivity contribution in [2.24, 2.45) is 5.92 Å². The van der Waals surface area contributed by atoms with Gasteiger partial charge in [-0.3, -0.25) is 0 Å². The molecule has 0 saturated carbocycles. The highest BCUT2D eigenvalue weighted by atomic mass is 35.5. The third-order valence-electron chi connectivity index (χ3n) is 2.88. The van der Waals surface area contributed by atoms with Gasteiger partial charge >= 0.3 is 0 Å². The molecule has 90 valence electrons. The summed E-state index contributed by atoms with van der Waals surface area (Å²) in [6, 6.07) is 5.05. The van der Waals surface area contributed by atoms with Crippen LogP contribution in [0, 0.1) is 11.7 Å². The molecule has 0 saturated heterocycles. The molecule has 0 bridgehead atoms. The molecular weight excluding hydrogens is 225 g/mol. The lowest BCUT2D eigenvalue weighted by Crippen LogP contribution is -2.32. The van der Waals surface area contributed by atoms with E-state index in [1.165, 1.54) is 12.1 Å². The average molecular weight is 244 g/mol. The Morgan fingerprint density at radius 3 is 2.56 bits per heavy atom. The maximum absolute atomic E-state index is 12.8. The van der Waals surface area contributed by atoms with Gasteiger partial charge in [0.1, 0.15) is 5.82 Å². The van der Waals surface area contributed by atoms with Crippen LogP contribution in [-0.4, -0.2) is 12.6 Å². The molecule has 0 aliphatic rings. The number of benzene rings is 1. The first kappa shape index (κ1) is 13.5. The van der Waals surface area contributed by atoms with Crippen molar-refractivity contribution in [1.82, 2.24) is 5.32 Å². The van der Waals surface area contributed by atoms with E-state index in [0.717, 1.165) is 18.5 Å². The molecule has 1 aromatic carbocycles. The van der Waals surface area contributed by atoms with E-state index in [1.54, 1.807) is 6.07 Å². The molecule has 1 unspecified atom stereocenters. The van der Waals surface area contributed by atoms with E-state index in [4.69, 9.17) is 11.6 Å². The summed E-state index contributed by atoms with van der Waals surface area (Å²) in [4.78, 5) is 0. The molecule has 16 heavy (non-hydrogen) atoms. The molecule has 0 radical (unpaired) electrons. The fourth-order valence-electron chi connectivity index (χ4n) is 1.39. The molecule has 0 fully saturated rings. The Morgan fingerprint density at radius 2 is 2.00 bits per heavy atom. The van der Waals surface area contributed by atoms with Crippen molar-refractivity contribution in [3.63, 3.8) is 0 Å². The molecule has 1 aromatic rings. The van der Waals surface area contributed by atoms with Crippen LogP contribution in [0.4, 0.5) is 4.39 Å². The second-order valence-corrected chi connectivity index (χ2v) is 4.88. The second kappa shape index (κ2) is 6.21. The standard InChI is InChI=1S/C13H19ClFN/c1-9(2)10(3)16-7-6-11-4-5-12(15)8-13(11)14/h4-5,8-10,16H,6-7H2,1-3H3. The van der Waals surface area contributed by atoms with Gasteiger partial charge in [0.15, 0.2) is 0 Å². The fourth-order valence-corrected chi connectivity index (χ4v) is 1.66. The lowest BCUT2D eigenvalue weighted by Gasteiger charge is -2.17. The molecule has 0 aliphatic heterocycles. The van der Waals surface area contributed by atoms with E-state index in [-0.39, 0.29) is 5.82 Å². The minimum Gasteiger partial charge on any atom is -0.314 e. The van der Waals surface area contributed by atoms with Gasteiger partial charge in [0.25, 0.3) is 0 Å². The Balaban J connectivity index is 2.43. The summed E-state index contributed by atoms with van der Waals surface area (Å²) >= 11 is 5.94. The Kier molecular flexibility index (Phi) is 5.23. The largest absolute Gasteiger partial charge is 0.314 e. The van der Waals surface area contributed by atoms with Crippen molar-refractivity contribution < 1.29 is 4.39 Å². The normalized spacial score (nSPS) is 13.1. The molecule has 0 heterocycles. The molecule has 1 nitrogen and oxygen atoms in total. The summed E-state index contributed by atoms with van der Waals surface area (Å²) in [7, 11) is 0. The van der Waals surface area contributed by atoms with E-state index < -0.39 is 0 Å². The van der Waals surface area contributed by atoms with Gasteiger partial charge < -0.3 is 5.32 Å². The van der Waals surface area contributed by atoms with E-state index in [2.05, 4.69) is 26.1 Å². The maximum atomic E-state index is 12.8. The zero-order valence-electron chi connectivity index (χ0n) is 10.1. The van der Waals surface area contributed by atoms with Gasteiger partial charge in [-0.05, 0) is 43.5 Å². The quantitative estimate of drug-likeness (QED) is 0.832. The van der Waals surface area contributed by atoms with E-state index in [1.807, 2.05) is 0 Å². The molecule has 1 N–H and O–H groups in total. The number of rotatable bonds is 5. The number of halogens is 2. The van der Waals surface area contributed by atoms with Crippen molar-refractivity contribution in [2.75, 3.05) is 6.54 Å². The summed E-state index contributed by atoms with van der Waals surface area (Å²) < 4.78 is 12.8. The number of hydrogen-bond acceptors (Lipinski definition) is 1. The molecule has 3 heteroatoms. The zero-order valence-corrected chi connectivity index (χ0v) is 10.8. The Bertz CT molecular complexity index is 339. The first-order valence-corrected chi connectivity index (χ1v) is 6.06. The fraction of sp³-hybridized carbons (Fsp3) is 0.538. The molecule has 0 aromatic heterocycles. The van der Waals surface area contributed by atoms with E-state index >= 15 is 0 Å². The second-order valence-electron chi connectivity index (χ2n) is 4.47. The SMILES string of the molecule is CC(C)C(C)NCCc1ccc(F)cc1Cl. The van der Waals surface area contributed by atoms with Crippen LogP contribution < -0.4 is 5.32 Å². The molecule has 0 amide bonds. The van der Waals surface area contributed by atoms with Crippen molar-refractivity contribution in [3.8, 4) is 0 Å². The first-order chi connectivity index (χ1) is 7.50. The summed E-state index contributed by atoms with van der Waals surface area (Å²) in [5.74, 6) is 0.334. The van der Waals surface area contributed by atoms with Gasteiger partial charge in [-0.25, -0.2) is 4.39 Å². The molecule has 1 atom stereocenters. The molecule has 1 rings (SSSR count). The molecule has 0 aliphatic carbocycles. The van der Waals surface area contributed by atoms with Crippen molar-refractivity contribution >= 4 is 11.6 Å². The highest BCUT2D eigenvalue weighted by Crippen LogP contribution is 2.17. The van der Waals surface area contributed by atoms with Crippen LogP contribution in [0.15, 0.2) is 18.2 Å². The minimum absolute atomic E-state index is 0.280. The average Bonchev–Trinajstić information content (AvgIpc) is 2.20. The van der Waals surface area contributed by atoms with Crippen LogP contribution >= 0.6 is 11.6 Å². The summed E-state index contributed by atoms with van der Waals surface area (Å²) in [6.07, 6.45) is 0.830. The monoisotopic (exact) mass is 243 g/mol. The van der Waals surface area contributed by atoms with Crippen LogP contribution in [0.5, 0.6) is 0 Å². The van der Waals surface area contributed by atoms with Gasteiger partial charge in [0, 0.05) is 11.1 Å². The van der Waals surface area contributed by atoms with Gasteiger partial charge in [0.05, 0.1) is 0 Å². The summed E-state index contributed by atoms with van der Waals surface area (Å²) in [6.45, 7) is 7.40. The minimum atomic E-state index is -0.280. The maximum Gasteiger partial charge on any atom is 0.124 e. The Labute approximate surface area is 102 Å². The number of hydrogen-bond donors (Lipinski definition) is 1. The predicted octanol–water partition coefficient (Wildman–Crippen LogP) is 3.66. The Hall–Kier alpha value is -0.600.